The number of imidazole rings is 1. The predicted molar refractivity (Wildman–Crippen MR) is 143 cm³/mol. The molecule has 3 aromatic rings. The molecule has 1 N–H and O–H groups in total. The van der Waals surface area contributed by atoms with Crippen LogP contribution in [0.15, 0.2) is 35.3 Å². The van der Waals surface area contributed by atoms with Crippen LogP contribution in [0, 0.1) is 12.8 Å². The SMILES string of the molecule is COC[C@H](C)n1c(-c2cc(C)c(=O)n(C)c2)nc2cc(OCCC[C@H](C(=O)OC(C)C)[C@@H](C)O)ccc21. The number of carbonyl (C=O) groups excluding carboxylic acids is 1. The highest BCUT2D eigenvalue weighted by Gasteiger charge is 2.25. The Morgan fingerprint density at radius 1 is 1.16 bits per heavy atom. The number of carbonyl (C=O) groups is 1. The van der Waals surface area contributed by atoms with Crippen molar-refractivity contribution in [2.45, 2.75) is 65.7 Å². The van der Waals surface area contributed by atoms with Crippen molar-refractivity contribution < 1.29 is 24.1 Å². The van der Waals surface area contributed by atoms with Gasteiger partial charge in [0, 0.05) is 37.5 Å². The molecule has 0 aliphatic rings. The fraction of sp³-hybridized carbons (Fsp3) is 0.536. The number of fused-ring (bicyclic) bond motifs is 1. The number of nitrogens with zero attached hydrogens (tertiary/aromatic N) is 3. The number of rotatable bonds is 12. The van der Waals surface area contributed by atoms with E-state index < -0.39 is 12.0 Å². The molecule has 1 aromatic carbocycles. The number of benzene rings is 1. The van der Waals surface area contributed by atoms with Crippen LogP contribution in [0.4, 0.5) is 0 Å². The average Bonchev–Trinajstić information content (AvgIpc) is 3.20. The molecule has 0 bridgehead atoms. The summed E-state index contributed by atoms with van der Waals surface area (Å²) in [4.78, 5) is 29.4. The van der Waals surface area contributed by atoms with Gasteiger partial charge in [-0.2, -0.15) is 0 Å². The van der Waals surface area contributed by atoms with Gasteiger partial charge in [0.25, 0.3) is 5.56 Å². The number of aromatic nitrogens is 3. The van der Waals surface area contributed by atoms with Gasteiger partial charge in [0.1, 0.15) is 11.6 Å². The maximum atomic E-state index is 12.3. The average molecular weight is 514 g/mol. The Labute approximate surface area is 218 Å². The molecule has 2 heterocycles. The van der Waals surface area contributed by atoms with E-state index in [0.717, 1.165) is 22.4 Å². The Bertz CT molecular complexity index is 1250. The second-order valence-electron chi connectivity index (χ2n) is 9.91. The zero-order valence-electron chi connectivity index (χ0n) is 22.9. The number of aliphatic hydroxyl groups is 1. The van der Waals surface area contributed by atoms with Crippen molar-refractivity contribution >= 4 is 17.0 Å². The highest BCUT2D eigenvalue weighted by molar-refractivity contribution is 5.82. The third-order valence-electron chi connectivity index (χ3n) is 6.30. The molecule has 0 saturated heterocycles. The summed E-state index contributed by atoms with van der Waals surface area (Å²) in [6.07, 6.45) is 1.83. The van der Waals surface area contributed by atoms with Gasteiger partial charge in [-0.05, 0) is 65.7 Å². The van der Waals surface area contributed by atoms with Crippen molar-refractivity contribution in [1.82, 2.24) is 14.1 Å². The Kier molecular flexibility index (Phi) is 9.50. The van der Waals surface area contributed by atoms with Gasteiger partial charge in [-0.3, -0.25) is 9.59 Å². The predicted octanol–water partition coefficient (Wildman–Crippen LogP) is 4.03. The first-order chi connectivity index (χ1) is 17.5. The van der Waals surface area contributed by atoms with Crippen LogP contribution in [0.25, 0.3) is 22.4 Å². The van der Waals surface area contributed by atoms with Crippen molar-refractivity contribution in [1.29, 1.82) is 0 Å². The molecule has 0 aliphatic heterocycles. The Balaban J connectivity index is 1.82. The van der Waals surface area contributed by atoms with Crippen LogP contribution in [0.2, 0.25) is 0 Å². The summed E-state index contributed by atoms with van der Waals surface area (Å²) in [6.45, 7) is 9.94. The first-order valence-corrected chi connectivity index (χ1v) is 12.7. The number of hydrogen-bond acceptors (Lipinski definition) is 7. The Morgan fingerprint density at radius 2 is 1.89 bits per heavy atom. The quantitative estimate of drug-likeness (QED) is 0.288. The summed E-state index contributed by atoms with van der Waals surface area (Å²) in [5.41, 5.74) is 3.16. The fourth-order valence-corrected chi connectivity index (χ4v) is 4.50. The van der Waals surface area contributed by atoms with Gasteiger partial charge in [0.15, 0.2) is 0 Å². The second-order valence-corrected chi connectivity index (χ2v) is 9.91. The largest absolute Gasteiger partial charge is 0.494 e. The van der Waals surface area contributed by atoms with Gasteiger partial charge in [-0.15, -0.1) is 0 Å². The first kappa shape index (κ1) is 28.4. The molecular formula is C28H39N3O6. The summed E-state index contributed by atoms with van der Waals surface area (Å²) in [5.74, 6) is 0.444. The number of pyridine rings is 1. The third kappa shape index (κ3) is 6.78. The van der Waals surface area contributed by atoms with Crippen LogP contribution in [0.3, 0.4) is 0 Å². The lowest BCUT2D eigenvalue weighted by atomic mass is 9.98. The van der Waals surface area contributed by atoms with Crippen molar-refractivity contribution in [3.63, 3.8) is 0 Å². The summed E-state index contributed by atoms with van der Waals surface area (Å²) in [7, 11) is 3.41. The van der Waals surface area contributed by atoms with E-state index in [0.29, 0.717) is 37.4 Å². The lowest BCUT2D eigenvalue weighted by molar-refractivity contribution is -0.156. The number of methoxy groups -OCH3 is 1. The van der Waals surface area contributed by atoms with Crippen LogP contribution >= 0.6 is 0 Å². The minimum atomic E-state index is -0.791. The van der Waals surface area contributed by atoms with Crippen LogP contribution in [-0.4, -0.2) is 57.7 Å². The van der Waals surface area contributed by atoms with Gasteiger partial charge in [-0.25, -0.2) is 4.98 Å². The van der Waals surface area contributed by atoms with Crippen LogP contribution in [0.5, 0.6) is 5.75 Å². The van der Waals surface area contributed by atoms with E-state index >= 15 is 0 Å². The van der Waals surface area contributed by atoms with Gasteiger partial charge in [0.05, 0.1) is 48.4 Å². The molecule has 0 amide bonds. The van der Waals surface area contributed by atoms with Gasteiger partial charge in [0.2, 0.25) is 0 Å². The van der Waals surface area contributed by atoms with Crippen molar-refractivity contribution in [2.75, 3.05) is 20.3 Å². The van der Waals surface area contributed by atoms with E-state index in [1.54, 1.807) is 52.6 Å². The number of esters is 1. The molecule has 0 radical (unpaired) electrons. The standard InChI is InChI=1S/C28H39N3O6/c1-17(2)37-28(34)23(20(5)32)9-8-12-36-22-10-11-25-24(14-22)29-26(31(25)19(4)16-35-7)21-13-18(3)27(33)30(6)15-21/h10-11,13-15,17,19-20,23,32H,8-9,12,16H2,1-7H3/t19-,20+,23-/m0/s1. The Morgan fingerprint density at radius 3 is 2.51 bits per heavy atom. The molecule has 0 saturated carbocycles. The molecular weight excluding hydrogens is 474 g/mol. The molecule has 3 atom stereocenters. The van der Waals surface area contributed by atoms with Crippen molar-refractivity contribution in [2.24, 2.45) is 13.0 Å². The van der Waals surface area contributed by atoms with E-state index in [2.05, 4.69) is 11.5 Å². The molecule has 3 rings (SSSR count). The number of hydrogen-bond donors (Lipinski definition) is 1. The highest BCUT2D eigenvalue weighted by atomic mass is 16.5. The molecule has 2 aromatic heterocycles. The van der Waals surface area contributed by atoms with Crippen LogP contribution < -0.4 is 10.3 Å². The van der Waals surface area contributed by atoms with Crippen molar-refractivity contribution in [3.05, 3.63) is 46.4 Å². The summed E-state index contributed by atoms with van der Waals surface area (Å²) < 4.78 is 20.3. The zero-order valence-corrected chi connectivity index (χ0v) is 22.9. The van der Waals surface area contributed by atoms with Crippen LogP contribution in [-0.2, 0) is 21.3 Å². The van der Waals surface area contributed by atoms with E-state index in [1.807, 2.05) is 24.3 Å². The molecule has 0 fully saturated rings. The normalized spacial score (nSPS) is 14.1. The highest BCUT2D eigenvalue weighted by Crippen LogP contribution is 2.31. The fourth-order valence-electron chi connectivity index (χ4n) is 4.50. The summed E-state index contributed by atoms with van der Waals surface area (Å²) in [6, 6.07) is 7.63. The third-order valence-corrected chi connectivity index (χ3v) is 6.30. The number of aliphatic hydroxyl groups excluding tert-OH is 1. The molecule has 37 heavy (non-hydrogen) atoms. The number of aryl methyl sites for hydroxylation is 2. The summed E-state index contributed by atoms with van der Waals surface area (Å²) in [5, 5.41) is 10.0. The summed E-state index contributed by atoms with van der Waals surface area (Å²) >= 11 is 0. The zero-order chi connectivity index (χ0) is 27.3. The van der Waals surface area contributed by atoms with E-state index in [1.165, 1.54) is 0 Å². The van der Waals surface area contributed by atoms with E-state index in [9.17, 15) is 14.7 Å². The lowest BCUT2D eigenvalue weighted by Crippen LogP contribution is -2.30. The lowest BCUT2D eigenvalue weighted by Gasteiger charge is -2.20. The maximum absolute atomic E-state index is 12.3. The van der Waals surface area contributed by atoms with E-state index in [4.69, 9.17) is 19.2 Å². The number of ether oxygens (including phenoxy) is 3. The molecule has 9 heteroatoms. The van der Waals surface area contributed by atoms with Gasteiger partial charge in [-0.1, -0.05) is 0 Å². The topological polar surface area (TPSA) is 105 Å². The molecule has 0 aliphatic carbocycles. The Hall–Kier alpha value is -3.17. The monoisotopic (exact) mass is 513 g/mol. The minimum Gasteiger partial charge on any atom is -0.494 e. The smallest absolute Gasteiger partial charge is 0.311 e. The van der Waals surface area contributed by atoms with Crippen LogP contribution in [0.1, 0.15) is 52.1 Å². The second kappa shape index (κ2) is 12.4. The first-order valence-electron chi connectivity index (χ1n) is 12.7. The van der Waals surface area contributed by atoms with Gasteiger partial charge < -0.3 is 28.5 Å². The molecule has 0 spiro atoms. The molecule has 202 valence electrons. The maximum Gasteiger partial charge on any atom is 0.311 e. The van der Waals surface area contributed by atoms with Crippen molar-refractivity contribution in [3.8, 4) is 17.1 Å². The van der Waals surface area contributed by atoms with Gasteiger partial charge >= 0.3 is 5.97 Å². The van der Waals surface area contributed by atoms with E-state index in [-0.39, 0.29) is 23.7 Å². The minimum absolute atomic E-state index is 0.0114. The molecule has 0 unspecified atom stereocenters. The molecule has 9 nitrogen and oxygen atoms in total.